The molecule has 3 fully saturated rings. The van der Waals surface area contributed by atoms with Gasteiger partial charge in [-0.15, -0.1) is 10.2 Å². The van der Waals surface area contributed by atoms with Gasteiger partial charge in [0, 0.05) is 37.3 Å². The zero-order valence-corrected chi connectivity index (χ0v) is 15.9. The average molecular weight is 371 g/mol. The van der Waals surface area contributed by atoms with Crippen molar-refractivity contribution < 1.29 is 4.74 Å². The van der Waals surface area contributed by atoms with Crippen LogP contribution < -0.4 is 0 Å². The van der Waals surface area contributed by atoms with Crippen LogP contribution in [0.4, 0.5) is 0 Å². The van der Waals surface area contributed by atoms with Gasteiger partial charge in [0.2, 0.25) is 0 Å². The Bertz CT molecular complexity index is 742. The monoisotopic (exact) mass is 370 g/mol. The van der Waals surface area contributed by atoms with E-state index in [1.807, 2.05) is 11.8 Å². The molecule has 1 aromatic carbocycles. The fourth-order valence-corrected chi connectivity index (χ4v) is 4.73. The molecule has 3 aliphatic rings. The van der Waals surface area contributed by atoms with E-state index >= 15 is 0 Å². The van der Waals surface area contributed by atoms with Crippen molar-refractivity contribution in [2.24, 2.45) is 0 Å². The minimum atomic E-state index is 0.270. The fraction of sp³-hybridized carbons (Fsp3) is 0.600. The van der Waals surface area contributed by atoms with Crippen molar-refractivity contribution in [2.75, 3.05) is 25.4 Å². The summed E-state index contributed by atoms with van der Waals surface area (Å²) in [6.45, 7) is 3.84. The minimum Gasteiger partial charge on any atom is -0.375 e. The zero-order valence-electron chi connectivity index (χ0n) is 15.1. The van der Waals surface area contributed by atoms with Gasteiger partial charge in [-0.1, -0.05) is 42.1 Å². The number of aromatic nitrogens is 3. The molecule has 1 atom stereocenters. The number of nitrogens with zero attached hydrogens (tertiary/aromatic N) is 4. The first-order valence-corrected chi connectivity index (χ1v) is 10.8. The third-order valence-electron chi connectivity index (χ3n) is 5.42. The highest BCUT2D eigenvalue weighted by molar-refractivity contribution is 7.99. The Balaban J connectivity index is 1.19. The van der Waals surface area contributed by atoms with E-state index in [-0.39, 0.29) is 6.10 Å². The number of hydrogen-bond donors (Lipinski definition) is 0. The highest BCUT2D eigenvalue weighted by atomic mass is 32.2. The van der Waals surface area contributed by atoms with Crippen molar-refractivity contribution in [3.05, 3.63) is 41.7 Å². The fourth-order valence-electron chi connectivity index (χ4n) is 3.72. The molecule has 26 heavy (non-hydrogen) atoms. The van der Waals surface area contributed by atoms with E-state index in [1.54, 1.807) is 0 Å². The van der Waals surface area contributed by atoms with Gasteiger partial charge < -0.3 is 9.30 Å². The van der Waals surface area contributed by atoms with Crippen LogP contribution in [0.5, 0.6) is 0 Å². The Hall–Kier alpha value is -1.37. The molecule has 1 aliphatic heterocycles. The molecule has 138 valence electrons. The van der Waals surface area contributed by atoms with Gasteiger partial charge in [0.25, 0.3) is 0 Å². The molecular weight excluding hydrogens is 344 g/mol. The molecule has 0 N–H and O–H groups in total. The first-order chi connectivity index (χ1) is 12.9. The molecule has 2 aromatic rings. The maximum Gasteiger partial charge on any atom is 0.191 e. The van der Waals surface area contributed by atoms with Gasteiger partial charge in [0.05, 0.1) is 12.7 Å². The summed E-state index contributed by atoms with van der Waals surface area (Å²) in [5.74, 6) is 2.87. The number of benzene rings is 1. The standard InChI is InChI=1S/C20H26N4OS/c1-2-4-15(5-3-1)12-23-10-11-25-18(13-23)14-26-20-22-21-19(16-6-7-16)24(20)17-8-9-17/h1-5,16-18H,6-14H2/t18-/m0/s1. The molecule has 1 saturated heterocycles. The van der Waals surface area contributed by atoms with Crippen LogP contribution in [0.2, 0.25) is 0 Å². The smallest absolute Gasteiger partial charge is 0.191 e. The molecule has 0 unspecified atom stereocenters. The molecule has 2 heterocycles. The second kappa shape index (κ2) is 7.33. The lowest BCUT2D eigenvalue weighted by atomic mass is 10.2. The number of rotatable bonds is 7. The van der Waals surface area contributed by atoms with Gasteiger partial charge in [-0.3, -0.25) is 4.90 Å². The van der Waals surface area contributed by atoms with Gasteiger partial charge in [-0.25, -0.2) is 0 Å². The predicted molar refractivity (Wildman–Crippen MR) is 102 cm³/mol. The van der Waals surface area contributed by atoms with Crippen LogP contribution in [0.1, 0.15) is 49.0 Å². The topological polar surface area (TPSA) is 43.2 Å². The van der Waals surface area contributed by atoms with Crippen molar-refractivity contribution in [3.8, 4) is 0 Å². The average Bonchev–Trinajstić information content (AvgIpc) is 3.60. The van der Waals surface area contributed by atoms with Crippen LogP contribution in [0, 0.1) is 0 Å². The highest BCUT2D eigenvalue weighted by Crippen LogP contribution is 2.46. The van der Waals surface area contributed by atoms with Crippen LogP contribution in [0.3, 0.4) is 0 Å². The van der Waals surface area contributed by atoms with E-state index in [0.29, 0.717) is 12.0 Å². The summed E-state index contributed by atoms with van der Waals surface area (Å²) >= 11 is 1.83. The van der Waals surface area contributed by atoms with Gasteiger partial charge in [-0.2, -0.15) is 0 Å². The van der Waals surface area contributed by atoms with Crippen molar-refractivity contribution in [2.45, 2.75) is 55.4 Å². The summed E-state index contributed by atoms with van der Waals surface area (Å²) in [6, 6.07) is 11.4. The lowest BCUT2D eigenvalue weighted by Gasteiger charge is -2.32. The maximum absolute atomic E-state index is 6.03. The minimum absolute atomic E-state index is 0.270. The number of thioether (sulfide) groups is 1. The second-order valence-corrected chi connectivity index (χ2v) is 8.73. The molecule has 6 heteroatoms. The quantitative estimate of drug-likeness (QED) is 0.698. The summed E-state index contributed by atoms with van der Waals surface area (Å²) in [5.41, 5.74) is 1.38. The third kappa shape index (κ3) is 3.82. The molecule has 2 saturated carbocycles. The van der Waals surface area contributed by atoms with Crippen molar-refractivity contribution in [1.82, 2.24) is 19.7 Å². The molecule has 0 radical (unpaired) electrons. The summed E-state index contributed by atoms with van der Waals surface area (Å²) in [6.07, 6.45) is 5.42. The Morgan fingerprint density at radius 3 is 2.69 bits per heavy atom. The Morgan fingerprint density at radius 2 is 1.92 bits per heavy atom. The van der Waals surface area contributed by atoms with Crippen molar-refractivity contribution >= 4 is 11.8 Å². The second-order valence-electron chi connectivity index (χ2n) is 7.74. The zero-order chi connectivity index (χ0) is 17.3. The van der Waals surface area contributed by atoms with E-state index in [0.717, 1.165) is 37.2 Å². The lowest BCUT2D eigenvalue weighted by Crippen LogP contribution is -2.43. The molecule has 2 aliphatic carbocycles. The Kier molecular flexibility index (Phi) is 4.73. The van der Waals surface area contributed by atoms with Gasteiger partial charge >= 0.3 is 0 Å². The van der Waals surface area contributed by atoms with E-state index in [4.69, 9.17) is 4.74 Å². The van der Waals surface area contributed by atoms with Gasteiger partial charge in [-0.05, 0) is 31.2 Å². The molecule has 1 aromatic heterocycles. The maximum atomic E-state index is 6.03. The SMILES string of the molecule is c1ccc(CN2CCO[C@H](CSc3nnc(C4CC4)n3C3CC3)C2)cc1. The Labute approximate surface area is 159 Å². The summed E-state index contributed by atoms with van der Waals surface area (Å²) < 4.78 is 8.47. The normalized spacial score (nSPS) is 24.1. The van der Waals surface area contributed by atoms with Crippen LogP contribution >= 0.6 is 11.8 Å². The largest absolute Gasteiger partial charge is 0.375 e. The molecular formula is C20H26N4OS. The van der Waals surface area contributed by atoms with E-state index in [2.05, 4.69) is 50.0 Å². The van der Waals surface area contributed by atoms with E-state index in [1.165, 1.54) is 37.1 Å². The molecule has 0 bridgehead atoms. The summed E-state index contributed by atoms with van der Waals surface area (Å²) in [4.78, 5) is 2.51. The predicted octanol–water partition coefficient (Wildman–Crippen LogP) is 3.48. The lowest BCUT2D eigenvalue weighted by molar-refractivity contribution is -0.0187. The van der Waals surface area contributed by atoms with E-state index in [9.17, 15) is 0 Å². The van der Waals surface area contributed by atoms with Crippen LogP contribution in [-0.2, 0) is 11.3 Å². The van der Waals surface area contributed by atoms with Gasteiger partial charge in [0.15, 0.2) is 5.16 Å². The number of morpholine rings is 1. The van der Waals surface area contributed by atoms with Crippen LogP contribution in [0.25, 0.3) is 0 Å². The van der Waals surface area contributed by atoms with Gasteiger partial charge in [0.1, 0.15) is 5.82 Å². The van der Waals surface area contributed by atoms with E-state index < -0.39 is 0 Å². The third-order valence-corrected chi connectivity index (χ3v) is 6.49. The summed E-state index contributed by atoms with van der Waals surface area (Å²) in [5, 5.41) is 10.1. The molecule has 0 amide bonds. The van der Waals surface area contributed by atoms with Crippen molar-refractivity contribution in [1.29, 1.82) is 0 Å². The number of hydrogen-bond acceptors (Lipinski definition) is 5. The van der Waals surface area contributed by atoms with Crippen LogP contribution in [-0.4, -0.2) is 51.2 Å². The van der Waals surface area contributed by atoms with Crippen molar-refractivity contribution in [3.63, 3.8) is 0 Å². The first-order valence-electron chi connectivity index (χ1n) is 9.82. The first kappa shape index (κ1) is 16.8. The molecule has 5 nitrogen and oxygen atoms in total. The number of ether oxygens (including phenoxy) is 1. The van der Waals surface area contributed by atoms with Crippen LogP contribution in [0.15, 0.2) is 35.5 Å². The molecule has 5 rings (SSSR count). The molecule has 0 spiro atoms. The summed E-state index contributed by atoms with van der Waals surface area (Å²) in [7, 11) is 0. The highest BCUT2D eigenvalue weighted by Gasteiger charge is 2.36. The Morgan fingerprint density at radius 1 is 1.08 bits per heavy atom.